The van der Waals surface area contributed by atoms with E-state index >= 15 is 0 Å². The van der Waals surface area contributed by atoms with Gasteiger partial charge < -0.3 is 0 Å². The molecule has 0 aliphatic heterocycles. The summed E-state index contributed by atoms with van der Waals surface area (Å²) in [7, 11) is 0. The van der Waals surface area contributed by atoms with Gasteiger partial charge in [-0.15, -0.1) is 0 Å². The Morgan fingerprint density at radius 3 is 2.00 bits per heavy atom. The van der Waals surface area contributed by atoms with Gasteiger partial charge in [-0.2, -0.15) is 0 Å². The van der Waals surface area contributed by atoms with Crippen LogP contribution in [0.3, 0.4) is 0 Å². The molecule has 55 valence electrons. The van der Waals surface area contributed by atoms with Gasteiger partial charge in [0.2, 0.25) is 0 Å². The third kappa shape index (κ3) is 2.88. The summed E-state index contributed by atoms with van der Waals surface area (Å²) < 4.78 is 0. The van der Waals surface area contributed by atoms with Crippen molar-refractivity contribution in [2.45, 2.75) is 45.4 Å². The Hall–Kier alpha value is 0. The van der Waals surface area contributed by atoms with Crippen LogP contribution >= 0.6 is 0 Å². The van der Waals surface area contributed by atoms with E-state index in [4.69, 9.17) is 0 Å². The second-order valence-corrected chi connectivity index (χ2v) is 2.91. The van der Waals surface area contributed by atoms with Gasteiger partial charge in [0.15, 0.2) is 0 Å². The Balaban J connectivity index is 0.000000640. The minimum absolute atomic E-state index is 0. The van der Waals surface area contributed by atoms with E-state index in [1.807, 2.05) is 0 Å². The molecule has 0 N–H and O–H groups in total. The number of hydrogen-bond donors (Lipinski definition) is 0. The van der Waals surface area contributed by atoms with Crippen molar-refractivity contribution in [3.05, 3.63) is 7.43 Å². The average Bonchev–Trinajstić information content (AvgIpc) is 1.90. The molecule has 0 atom stereocenters. The predicted octanol–water partition coefficient (Wildman–Crippen LogP) is 3.43. The second kappa shape index (κ2) is 4.84. The van der Waals surface area contributed by atoms with Crippen molar-refractivity contribution >= 4 is 0 Å². The molecule has 1 fully saturated rings. The molecule has 0 amide bonds. The quantitative estimate of drug-likeness (QED) is 0.506. The van der Waals surface area contributed by atoms with Crippen molar-refractivity contribution in [2.24, 2.45) is 5.92 Å². The zero-order valence-electron chi connectivity index (χ0n) is 6.82. The van der Waals surface area contributed by atoms with E-state index in [0.29, 0.717) is 0 Å². The SMILES string of the molecule is CCC1CCCCC1.[CH3]. The zero-order chi connectivity index (χ0) is 5.82. The van der Waals surface area contributed by atoms with E-state index in [2.05, 4.69) is 6.92 Å². The minimum atomic E-state index is 0. The molecule has 0 heteroatoms. The molecule has 0 spiro atoms. The van der Waals surface area contributed by atoms with E-state index in [1.54, 1.807) is 0 Å². The topological polar surface area (TPSA) is 0 Å². The summed E-state index contributed by atoms with van der Waals surface area (Å²) in [4.78, 5) is 0. The summed E-state index contributed by atoms with van der Waals surface area (Å²) in [6.45, 7) is 2.32. The Kier molecular flexibility index (Phi) is 4.84. The third-order valence-electron chi connectivity index (χ3n) is 2.30. The normalized spacial score (nSPS) is 21.0. The summed E-state index contributed by atoms with van der Waals surface area (Å²) in [5, 5.41) is 0. The maximum Gasteiger partial charge on any atom is -0.0417 e. The minimum Gasteiger partial charge on any atom is -0.0683 e. The molecule has 1 saturated carbocycles. The molecule has 1 aliphatic carbocycles. The lowest BCUT2D eigenvalue weighted by molar-refractivity contribution is 0.349. The van der Waals surface area contributed by atoms with Crippen LogP contribution in [0.1, 0.15) is 45.4 Å². The number of hydrogen-bond acceptors (Lipinski definition) is 0. The molecule has 0 aromatic carbocycles. The van der Waals surface area contributed by atoms with Gasteiger partial charge in [0.05, 0.1) is 0 Å². The number of rotatable bonds is 1. The molecule has 9 heavy (non-hydrogen) atoms. The predicted molar refractivity (Wildman–Crippen MR) is 43.3 cm³/mol. The van der Waals surface area contributed by atoms with Crippen molar-refractivity contribution in [1.29, 1.82) is 0 Å². The lowest BCUT2D eigenvalue weighted by Crippen LogP contribution is -2.03. The van der Waals surface area contributed by atoms with E-state index in [-0.39, 0.29) is 7.43 Å². The molecule has 0 saturated heterocycles. The molecule has 1 rings (SSSR count). The first-order chi connectivity index (χ1) is 3.93. The van der Waals surface area contributed by atoms with Crippen LogP contribution in [0, 0.1) is 13.3 Å². The standard InChI is InChI=1S/C8H16.CH3/c1-2-8-6-4-3-5-7-8;/h8H,2-7H2,1H3;1H3. The van der Waals surface area contributed by atoms with Crippen LogP contribution in [0.5, 0.6) is 0 Å². The summed E-state index contributed by atoms with van der Waals surface area (Å²) in [5.74, 6) is 1.09. The molecule has 1 aliphatic rings. The fourth-order valence-electron chi connectivity index (χ4n) is 1.60. The lowest BCUT2D eigenvalue weighted by Gasteiger charge is -2.18. The lowest BCUT2D eigenvalue weighted by atomic mass is 9.88. The highest BCUT2D eigenvalue weighted by Crippen LogP contribution is 2.25. The van der Waals surface area contributed by atoms with Crippen LogP contribution < -0.4 is 0 Å². The van der Waals surface area contributed by atoms with Crippen molar-refractivity contribution in [3.63, 3.8) is 0 Å². The van der Waals surface area contributed by atoms with Crippen LogP contribution in [-0.2, 0) is 0 Å². The van der Waals surface area contributed by atoms with E-state index in [1.165, 1.54) is 38.5 Å². The van der Waals surface area contributed by atoms with Crippen molar-refractivity contribution in [3.8, 4) is 0 Å². The molecule has 0 nitrogen and oxygen atoms in total. The summed E-state index contributed by atoms with van der Waals surface area (Å²) in [6, 6.07) is 0. The smallest absolute Gasteiger partial charge is 0.0417 e. The highest BCUT2D eigenvalue weighted by Gasteiger charge is 2.09. The fraction of sp³-hybridized carbons (Fsp3) is 0.889. The molecule has 0 bridgehead atoms. The molecule has 0 unspecified atom stereocenters. The van der Waals surface area contributed by atoms with Crippen LogP contribution in [0.4, 0.5) is 0 Å². The van der Waals surface area contributed by atoms with E-state index in [9.17, 15) is 0 Å². The molecular weight excluding hydrogens is 108 g/mol. The summed E-state index contributed by atoms with van der Waals surface area (Å²) >= 11 is 0. The van der Waals surface area contributed by atoms with Crippen LogP contribution in [0.25, 0.3) is 0 Å². The Bertz CT molecular complexity index is 51.1. The zero-order valence-corrected chi connectivity index (χ0v) is 6.82. The van der Waals surface area contributed by atoms with E-state index < -0.39 is 0 Å². The molecular formula is C9H19. The van der Waals surface area contributed by atoms with Gasteiger partial charge in [0.25, 0.3) is 0 Å². The monoisotopic (exact) mass is 127 g/mol. The van der Waals surface area contributed by atoms with Gasteiger partial charge >= 0.3 is 0 Å². The fourth-order valence-corrected chi connectivity index (χ4v) is 1.60. The van der Waals surface area contributed by atoms with Crippen LogP contribution in [0.15, 0.2) is 0 Å². The van der Waals surface area contributed by atoms with Crippen molar-refractivity contribution < 1.29 is 0 Å². The summed E-state index contributed by atoms with van der Waals surface area (Å²) in [5.41, 5.74) is 0. The first-order valence-corrected chi connectivity index (χ1v) is 3.93. The van der Waals surface area contributed by atoms with Crippen molar-refractivity contribution in [1.82, 2.24) is 0 Å². The van der Waals surface area contributed by atoms with Gasteiger partial charge in [-0.3, -0.25) is 0 Å². The third-order valence-corrected chi connectivity index (χ3v) is 2.30. The first kappa shape index (κ1) is 9.00. The molecule has 0 aromatic rings. The second-order valence-electron chi connectivity index (χ2n) is 2.91. The Labute approximate surface area is 59.7 Å². The average molecular weight is 127 g/mol. The Morgan fingerprint density at radius 1 is 1.11 bits per heavy atom. The van der Waals surface area contributed by atoms with Crippen LogP contribution in [-0.4, -0.2) is 0 Å². The first-order valence-electron chi connectivity index (χ1n) is 3.93. The largest absolute Gasteiger partial charge is 0.0683 e. The maximum atomic E-state index is 2.32. The van der Waals surface area contributed by atoms with Gasteiger partial charge in [0, 0.05) is 0 Å². The molecule has 0 aromatic heterocycles. The van der Waals surface area contributed by atoms with Gasteiger partial charge in [0.1, 0.15) is 0 Å². The van der Waals surface area contributed by atoms with E-state index in [0.717, 1.165) is 5.92 Å². The highest BCUT2D eigenvalue weighted by molar-refractivity contribution is 4.63. The van der Waals surface area contributed by atoms with Crippen molar-refractivity contribution in [2.75, 3.05) is 0 Å². The highest BCUT2D eigenvalue weighted by atomic mass is 14.2. The molecule has 0 heterocycles. The van der Waals surface area contributed by atoms with Gasteiger partial charge in [-0.1, -0.05) is 52.9 Å². The Morgan fingerprint density at radius 2 is 1.67 bits per heavy atom. The van der Waals surface area contributed by atoms with Gasteiger partial charge in [-0.05, 0) is 5.92 Å². The van der Waals surface area contributed by atoms with Gasteiger partial charge in [-0.25, -0.2) is 0 Å². The molecule has 1 radical (unpaired) electrons. The van der Waals surface area contributed by atoms with Crippen LogP contribution in [0.2, 0.25) is 0 Å². The summed E-state index contributed by atoms with van der Waals surface area (Å²) in [6.07, 6.45) is 8.93. The maximum absolute atomic E-state index is 2.32.